The van der Waals surface area contributed by atoms with Gasteiger partial charge in [0.15, 0.2) is 5.78 Å². The summed E-state index contributed by atoms with van der Waals surface area (Å²) < 4.78 is 0. The molecule has 0 amide bonds. The standard InChI is InChI=1S/C16H10.C13H8O.C13H10/c1-2-8-13-12(7-1)14-9-3-5-11-6-4-10-15(13)16(11)14;14-13-11-7-3-1-5-9(11)10-6-2-4-8-12(10)13;1-3-7-12-10(5-1)9-11-6-2-4-8-13(11)12/h1-10H;1-8H;1-8H,9H2. The first-order chi connectivity index (χ1) is 21.3. The van der Waals surface area contributed by atoms with Gasteiger partial charge in [0.1, 0.15) is 0 Å². The first kappa shape index (κ1) is 25.2. The molecule has 0 fully saturated rings. The van der Waals surface area contributed by atoms with E-state index in [-0.39, 0.29) is 5.78 Å². The molecule has 0 radical (unpaired) electrons. The van der Waals surface area contributed by atoms with Crippen LogP contribution in [0.25, 0.3) is 55.3 Å². The molecule has 0 saturated carbocycles. The van der Waals surface area contributed by atoms with Gasteiger partial charge in [-0.25, -0.2) is 0 Å². The smallest absolute Gasteiger partial charge is 0.194 e. The Morgan fingerprint density at radius 1 is 0.302 bits per heavy atom. The molecule has 3 aliphatic carbocycles. The summed E-state index contributed by atoms with van der Waals surface area (Å²) in [6, 6.07) is 54.6. The second-order valence-electron chi connectivity index (χ2n) is 11.2. The maximum Gasteiger partial charge on any atom is 0.194 e. The van der Waals surface area contributed by atoms with E-state index in [1.165, 1.54) is 55.3 Å². The Morgan fingerprint density at radius 2 is 0.628 bits per heavy atom. The molecule has 0 N–H and O–H groups in total. The van der Waals surface area contributed by atoms with E-state index in [0.29, 0.717) is 0 Å². The Kier molecular flexibility index (Phi) is 6.09. The summed E-state index contributed by atoms with van der Waals surface area (Å²) in [6.07, 6.45) is 1.10. The van der Waals surface area contributed by atoms with Gasteiger partial charge < -0.3 is 0 Å². The molecule has 7 aromatic rings. The molecule has 0 atom stereocenters. The van der Waals surface area contributed by atoms with E-state index in [4.69, 9.17) is 0 Å². The van der Waals surface area contributed by atoms with Gasteiger partial charge in [0.05, 0.1) is 0 Å². The molecule has 0 heterocycles. The highest BCUT2D eigenvalue weighted by atomic mass is 16.1. The SMILES string of the molecule is O=C1c2ccccc2-c2ccccc21.c1ccc2c(c1)-c1cccc3cccc-2c13.c1ccc2c(c1)Cc1ccccc1-2. The molecule has 1 nitrogen and oxygen atoms in total. The lowest BCUT2D eigenvalue weighted by molar-refractivity contribution is 0.104. The lowest BCUT2D eigenvalue weighted by atomic mass is 10.0. The molecule has 0 bridgehead atoms. The lowest BCUT2D eigenvalue weighted by Gasteiger charge is -2.00. The predicted molar refractivity (Wildman–Crippen MR) is 178 cm³/mol. The monoisotopic (exact) mass is 548 g/mol. The zero-order valence-electron chi connectivity index (χ0n) is 23.6. The van der Waals surface area contributed by atoms with Crippen LogP contribution in [-0.4, -0.2) is 5.78 Å². The highest BCUT2D eigenvalue weighted by Gasteiger charge is 2.25. The van der Waals surface area contributed by atoms with Gasteiger partial charge in [-0.3, -0.25) is 4.79 Å². The molecule has 0 unspecified atom stereocenters. The quantitative estimate of drug-likeness (QED) is 0.184. The molecule has 202 valence electrons. The normalized spacial score (nSPS) is 12.1. The fraction of sp³-hybridized carbons (Fsp3) is 0.0238. The van der Waals surface area contributed by atoms with E-state index in [1.807, 2.05) is 48.5 Å². The second kappa shape index (κ2) is 10.4. The lowest BCUT2D eigenvalue weighted by Crippen LogP contribution is -1.93. The van der Waals surface area contributed by atoms with Crippen LogP contribution >= 0.6 is 0 Å². The predicted octanol–water partition coefficient (Wildman–Crippen LogP) is 10.6. The minimum absolute atomic E-state index is 0.149. The largest absolute Gasteiger partial charge is 0.289 e. The van der Waals surface area contributed by atoms with Crippen molar-refractivity contribution in [2.75, 3.05) is 0 Å². The number of rotatable bonds is 0. The molecular formula is C42H28O. The van der Waals surface area contributed by atoms with Gasteiger partial charge in [-0.15, -0.1) is 0 Å². The van der Waals surface area contributed by atoms with Crippen LogP contribution in [0.15, 0.2) is 158 Å². The van der Waals surface area contributed by atoms with E-state index in [1.54, 1.807) is 0 Å². The first-order valence-corrected chi connectivity index (χ1v) is 14.8. The summed E-state index contributed by atoms with van der Waals surface area (Å²) in [5, 5.41) is 2.75. The summed E-state index contributed by atoms with van der Waals surface area (Å²) >= 11 is 0. The zero-order valence-corrected chi connectivity index (χ0v) is 23.6. The van der Waals surface area contributed by atoms with Crippen molar-refractivity contribution in [3.05, 3.63) is 180 Å². The third kappa shape index (κ3) is 4.21. The molecule has 10 rings (SSSR count). The summed E-state index contributed by atoms with van der Waals surface area (Å²) in [5.41, 5.74) is 15.0. The van der Waals surface area contributed by atoms with Crippen molar-refractivity contribution in [2.24, 2.45) is 0 Å². The van der Waals surface area contributed by atoms with Gasteiger partial charge in [0.25, 0.3) is 0 Å². The van der Waals surface area contributed by atoms with Crippen molar-refractivity contribution in [2.45, 2.75) is 6.42 Å². The van der Waals surface area contributed by atoms with Crippen molar-refractivity contribution in [1.29, 1.82) is 0 Å². The van der Waals surface area contributed by atoms with Gasteiger partial charge in [-0.05, 0) is 72.8 Å². The van der Waals surface area contributed by atoms with Crippen molar-refractivity contribution in [1.82, 2.24) is 0 Å². The molecule has 43 heavy (non-hydrogen) atoms. The number of fused-ring (bicyclic) bond motifs is 9. The van der Waals surface area contributed by atoms with Gasteiger partial charge in [-0.2, -0.15) is 0 Å². The molecule has 0 spiro atoms. The number of hydrogen-bond acceptors (Lipinski definition) is 1. The molecule has 1 heteroatoms. The van der Waals surface area contributed by atoms with Crippen molar-refractivity contribution >= 4 is 16.6 Å². The van der Waals surface area contributed by atoms with Crippen molar-refractivity contribution < 1.29 is 4.79 Å². The van der Waals surface area contributed by atoms with Crippen LogP contribution in [0.3, 0.4) is 0 Å². The van der Waals surface area contributed by atoms with E-state index in [9.17, 15) is 4.79 Å². The van der Waals surface area contributed by atoms with Crippen LogP contribution < -0.4 is 0 Å². The van der Waals surface area contributed by atoms with Gasteiger partial charge in [-0.1, -0.05) is 158 Å². The number of benzene rings is 7. The maximum absolute atomic E-state index is 11.9. The molecular weight excluding hydrogens is 520 g/mol. The fourth-order valence-electron chi connectivity index (χ4n) is 6.80. The van der Waals surface area contributed by atoms with Crippen LogP contribution in [0.1, 0.15) is 27.0 Å². The number of ketones is 1. The third-order valence-corrected chi connectivity index (χ3v) is 8.75. The molecule has 0 aromatic heterocycles. The highest BCUT2D eigenvalue weighted by molar-refractivity contribution is 6.21. The fourth-order valence-corrected chi connectivity index (χ4v) is 6.80. The van der Waals surface area contributed by atoms with Gasteiger partial charge >= 0.3 is 0 Å². The number of hydrogen-bond donors (Lipinski definition) is 0. The van der Waals surface area contributed by atoms with Crippen LogP contribution in [0.2, 0.25) is 0 Å². The molecule has 0 aliphatic heterocycles. The number of carbonyl (C=O) groups excluding carboxylic acids is 1. The third-order valence-electron chi connectivity index (χ3n) is 8.75. The Morgan fingerprint density at radius 3 is 1.07 bits per heavy atom. The molecule has 0 saturated heterocycles. The highest BCUT2D eigenvalue weighted by Crippen LogP contribution is 2.46. The van der Waals surface area contributed by atoms with E-state index in [2.05, 4.69) is 109 Å². The summed E-state index contributed by atoms with van der Waals surface area (Å²) in [7, 11) is 0. The Hall–Kier alpha value is -5.53. The van der Waals surface area contributed by atoms with Gasteiger partial charge in [0, 0.05) is 11.1 Å². The average molecular weight is 549 g/mol. The summed E-state index contributed by atoms with van der Waals surface area (Å²) in [4.78, 5) is 11.9. The van der Waals surface area contributed by atoms with E-state index < -0.39 is 0 Å². The van der Waals surface area contributed by atoms with Gasteiger partial charge in [0.2, 0.25) is 0 Å². The topological polar surface area (TPSA) is 17.1 Å². The van der Waals surface area contributed by atoms with Crippen LogP contribution in [0.5, 0.6) is 0 Å². The van der Waals surface area contributed by atoms with Crippen LogP contribution in [0, 0.1) is 0 Å². The average Bonchev–Trinajstić information content (AvgIpc) is 3.72. The minimum atomic E-state index is 0.149. The zero-order chi connectivity index (χ0) is 28.8. The Bertz CT molecular complexity index is 2040. The van der Waals surface area contributed by atoms with Crippen molar-refractivity contribution in [3.63, 3.8) is 0 Å². The van der Waals surface area contributed by atoms with E-state index >= 15 is 0 Å². The van der Waals surface area contributed by atoms with Crippen LogP contribution in [-0.2, 0) is 6.42 Å². The molecule has 3 aliphatic rings. The van der Waals surface area contributed by atoms with Crippen LogP contribution in [0.4, 0.5) is 0 Å². The first-order valence-electron chi connectivity index (χ1n) is 14.8. The number of carbonyl (C=O) groups is 1. The maximum atomic E-state index is 11.9. The summed E-state index contributed by atoms with van der Waals surface area (Å²) in [5.74, 6) is 0.149. The Labute approximate surface area is 251 Å². The van der Waals surface area contributed by atoms with E-state index in [0.717, 1.165) is 28.7 Å². The second-order valence-corrected chi connectivity index (χ2v) is 11.2. The molecule has 7 aromatic carbocycles. The summed E-state index contributed by atoms with van der Waals surface area (Å²) in [6.45, 7) is 0. The van der Waals surface area contributed by atoms with Crippen molar-refractivity contribution in [3.8, 4) is 44.5 Å². The Balaban J connectivity index is 0.0000000975. The minimum Gasteiger partial charge on any atom is -0.289 e.